The minimum Gasteiger partial charge on any atom is -0.497 e. The number of nitrogens with one attached hydrogen (secondary N) is 1. The fourth-order valence-electron chi connectivity index (χ4n) is 2.55. The zero-order valence-electron chi connectivity index (χ0n) is 15.3. The molecule has 9 heteroatoms. The lowest BCUT2D eigenvalue weighted by Crippen LogP contribution is -2.28. The molecule has 3 aromatic rings. The topological polar surface area (TPSA) is 103 Å². The minimum absolute atomic E-state index is 0.104. The highest BCUT2D eigenvalue weighted by Crippen LogP contribution is 2.19. The quantitative estimate of drug-likeness (QED) is 0.577. The van der Waals surface area contributed by atoms with Crippen molar-refractivity contribution in [3.05, 3.63) is 71.3 Å². The maximum Gasteiger partial charge on any atom is 0.266 e. The summed E-state index contributed by atoms with van der Waals surface area (Å²) in [4.78, 5) is 16.0. The summed E-state index contributed by atoms with van der Waals surface area (Å²) in [6.45, 7) is 0.469. The van der Waals surface area contributed by atoms with Crippen molar-refractivity contribution in [2.45, 2.75) is 17.9 Å². The Morgan fingerprint density at radius 1 is 1.11 bits per heavy atom. The number of sulfonamides is 1. The molecule has 3 rings (SSSR count). The number of ether oxygens (including phenoxy) is 1. The molecule has 0 radical (unpaired) electrons. The minimum atomic E-state index is -3.61. The molecule has 0 amide bonds. The van der Waals surface area contributed by atoms with Crippen LogP contribution in [0.2, 0.25) is 0 Å². The highest BCUT2D eigenvalue weighted by Gasteiger charge is 2.13. The number of hydrogen-bond acceptors (Lipinski definition) is 6. The van der Waals surface area contributed by atoms with Crippen molar-refractivity contribution in [3.63, 3.8) is 0 Å². The molecule has 0 saturated carbocycles. The number of methoxy groups -OCH3 is 1. The zero-order chi connectivity index (χ0) is 20.0. The van der Waals surface area contributed by atoms with Crippen molar-refractivity contribution in [1.82, 2.24) is 19.5 Å². The molecule has 0 aliphatic carbocycles. The predicted octanol–water partition coefficient (Wildman–Crippen LogP) is 1.68. The molecule has 2 heterocycles. The van der Waals surface area contributed by atoms with Gasteiger partial charge < -0.3 is 4.74 Å². The highest BCUT2D eigenvalue weighted by atomic mass is 32.2. The summed E-state index contributed by atoms with van der Waals surface area (Å²) in [5.41, 5.74) is 1.26. The van der Waals surface area contributed by atoms with Crippen molar-refractivity contribution in [2.75, 3.05) is 13.7 Å². The van der Waals surface area contributed by atoms with E-state index in [2.05, 4.69) is 14.8 Å². The summed E-state index contributed by atoms with van der Waals surface area (Å²) >= 11 is 0. The Balaban J connectivity index is 1.63. The number of benzene rings is 1. The predicted molar refractivity (Wildman–Crippen MR) is 105 cm³/mol. The average Bonchev–Trinajstić information content (AvgIpc) is 2.73. The van der Waals surface area contributed by atoms with Crippen molar-refractivity contribution in [1.29, 1.82) is 0 Å². The first-order valence-corrected chi connectivity index (χ1v) is 10.1. The molecule has 0 fully saturated rings. The van der Waals surface area contributed by atoms with Crippen molar-refractivity contribution < 1.29 is 13.2 Å². The van der Waals surface area contributed by atoms with Crippen LogP contribution in [0.3, 0.4) is 0 Å². The van der Waals surface area contributed by atoms with Gasteiger partial charge in [0.05, 0.1) is 12.8 Å². The molecule has 0 spiro atoms. The van der Waals surface area contributed by atoms with Crippen LogP contribution in [0.25, 0.3) is 11.3 Å². The molecule has 0 saturated heterocycles. The summed E-state index contributed by atoms with van der Waals surface area (Å²) in [5, 5.41) is 4.37. The van der Waals surface area contributed by atoms with Gasteiger partial charge in [-0.3, -0.25) is 9.78 Å². The van der Waals surface area contributed by atoms with Crippen LogP contribution in [0.5, 0.6) is 5.75 Å². The van der Waals surface area contributed by atoms with Gasteiger partial charge in [0.1, 0.15) is 10.6 Å². The Morgan fingerprint density at radius 2 is 1.89 bits per heavy atom. The Labute approximate surface area is 162 Å². The normalized spacial score (nSPS) is 11.3. The second kappa shape index (κ2) is 8.77. The van der Waals surface area contributed by atoms with Crippen LogP contribution >= 0.6 is 0 Å². The molecule has 1 N–H and O–H groups in total. The Morgan fingerprint density at radius 3 is 2.57 bits per heavy atom. The van der Waals surface area contributed by atoms with Crippen LogP contribution in [0.1, 0.15) is 6.42 Å². The van der Waals surface area contributed by atoms with Gasteiger partial charge >= 0.3 is 0 Å². The summed E-state index contributed by atoms with van der Waals surface area (Å²) in [6, 6.07) is 13.5. The van der Waals surface area contributed by atoms with E-state index in [0.717, 1.165) is 11.3 Å². The van der Waals surface area contributed by atoms with Crippen LogP contribution in [-0.4, -0.2) is 36.8 Å². The van der Waals surface area contributed by atoms with Gasteiger partial charge in [-0.15, -0.1) is 0 Å². The maximum atomic E-state index is 12.2. The first-order valence-electron chi connectivity index (χ1n) is 8.62. The number of hydrogen-bond donors (Lipinski definition) is 1. The van der Waals surface area contributed by atoms with E-state index in [0.29, 0.717) is 18.7 Å². The van der Waals surface area contributed by atoms with Crippen molar-refractivity contribution in [2.24, 2.45) is 0 Å². The van der Waals surface area contributed by atoms with Crippen LogP contribution < -0.4 is 15.0 Å². The van der Waals surface area contributed by atoms with Gasteiger partial charge in [-0.2, -0.15) is 5.10 Å². The fourth-order valence-corrected chi connectivity index (χ4v) is 3.59. The number of pyridine rings is 1. The molecule has 146 valence electrons. The molecule has 8 nitrogen and oxygen atoms in total. The van der Waals surface area contributed by atoms with Gasteiger partial charge in [-0.05, 0) is 48.9 Å². The van der Waals surface area contributed by atoms with Gasteiger partial charge in [-0.1, -0.05) is 0 Å². The van der Waals surface area contributed by atoms with E-state index >= 15 is 0 Å². The van der Waals surface area contributed by atoms with Gasteiger partial charge in [0, 0.05) is 37.1 Å². The van der Waals surface area contributed by atoms with E-state index in [-0.39, 0.29) is 17.0 Å². The van der Waals surface area contributed by atoms with Crippen LogP contribution in [-0.2, 0) is 16.6 Å². The van der Waals surface area contributed by atoms with Gasteiger partial charge in [0.25, 0.3) is 5.56 Å². The molecule has 2 aromatic heterocycles. The lowest BCUT2D eigenvalue weighted by molar-refractivity contribution is 0.415. The summed E-state index contributed by atoms with van der Waals surface area (Å²) < 4.78 is 33.3. The number of aromatic nitrogens is 3. The summed E-state index contributed by atoms with van der Waals surface area (Å²) in [7, 11) is -2.02. The second-order valence-electron chi connectivity index (χ2n) is 5.95. The standard InChI is InChI=1S/C19H20N4O4S/c1-27-16-7-5-15(6-8-16)18-9-10-19(24)23(22-18)13-3-12-21-28(25,26)17-4-2-11-20-14-17/h2,4-11,14,21H,3,12-13H2,1H3. The largest absolute Gasteiger partial charge is 0.497 e. The first-order chi connectivity index (χ1) is 13.5. The number of aryl methyl sites for hydroxylation is 1. The average molecular weight is 400 g/mol. The molecule has 0 atom stereocenters. The van der Waals surface area contributed by atoms with Crippen molar-refractivity contribution in [3.8, 4) is 17.0 Å². The van der Waals surface area contributed by atoms with Gasteiger partial charge in [0.15, 0.2) is 0 Å². The van der Waals surface area contributed by atoms with Gasteiger partial charge in [0.2, 0.25) is 10.0 Å². The highest BCUT2D eigenvalue weighted by molar-refractivity contribution is 7.89. The van der Waals surface area contributed by atoms with E-state index < -0.39 is 10.0 Å². The Bertz CT molecular complexity index is 1080. The molecule has 0 bridgehead atoms. The molecule has 0 aliphatic rings. The third kappa shape index (κ3) is 4.81. The Hall–Kier alpha value is -3.04. The zero-order valence-corrected chi connectivity index (χ0v) is 16.1. The molecule has 0 aliphatic heterocycles. The van der Waals surface area contributed by atoms with Crippen LogP contribution in [0.4, 0.5) is 0 Å². The lowest BCUT2D eigenvalue weighted by atomic mass is 10.1. The van der Waals surface area contributed by atoms with Crippen molar-refractivity contribution >= 4 is 10.0 Å². The number of nitrogens with zero attached hydrogens (tertiary/aromatic N) is 3. The SMILES string of the molecule is COc1ccc(-c2ccc(=O)n(CCCNS(=O)(=O)c3cccnc3)n2)cc1. The third-order valence-electron chi connectivity index (χ3n) is 4.04. The van der Waals surface area contributed by atoms with Crippen LogP contribution in [0.15, 0.2) is 70.6 Å². The molecule has 0 unspecified atom stereocenters. The molecular weight excluding hydrogens is 380 g/mol. The van der Waals surface area contributed by atoms with E-state index in [4.69, 9.17) is 4.74 Å². The van der Waals surface area contributed by atoms with Gasteiger partial charge in [-0.25, -0.2) is 17.8 Å². The summed E-state index contributed by atoms with van der Waals surface area (Å²) in [6.07, 6.45) is 3.21. The van der Waals surface area contributed by atoms with Crippen LogP contribution in [0, 0.1) is 0 Å². The lowest BCUT2D eigenvalue weighted by Gasteiger charge is -2.09. The monoisotopic (exact) mass is 400 g/mol. The smallest absolute Gasteiger partial charge is 0.266 e. The fraction of sp³-hybridized carbons (Fsp3) is 0.211. The Kier molecular flexibility index (Phi) is 6.17. The first kappa shape index (κ1) is 19.7. The summed E-state index contributed by atoms with van der Waals surface area (Å²) in [5.74, 6) is 0.734. The van der Waals surface area contributed by atoms with E-state index in [1.54, 1.807) is 19.2 Å². The number of rotatable bonds is 8. The molecule has 28 heavy (non-hydrogen) atoms. The molecular formula is C19H20N4O4S. The third-order valence-corrected chi connectivity index (χ3v) is 5.48. The van der Waals surface area contributed by atoms with E-state index in [1.165, 1.54) is 29.2 Å². The maximum absolute atomic E-state index is 12.2. The second-order valence-corrected chi connectivity index (χ2v) is 7.72. The molecule has 1 aromatic carbocycles. The van der Waals surface area contributed by atoms with E-state index in [1.807, 2.05) is 24.3 Å². The van der Waals surface area contributed by atoms with E-state index in [9.17, 15) is 13.2 Å².